The molecule has 0 aliphatic heterocycles. The van der Waals surface area contributed by atoms with E-state index in [1.807, 2.05) is 6.92 Å². The van der Waals surface area contributed by atoms with Crippen LogP contribution in [0.3, 0.4) is 0 Å². The summed E-state index contributed by atoms with van der Waals surface area (Å²) in [6, 6.07) is 5.69. The smallest absolute Gasteiger partial charge is 0.310 e. The normalized spacial score (nSPS) is 20.0. The van der Waals surface area contributed by atoms with Crippen molar-refractivity contribution in [3.8, 4) is 0 Å². The molecule has 2 N–H and O–H groups in total. The number of ether oxygens (including phenoxy) is 1. The molecule has 1 aromatic rings. The standard InChI is InChI=1S/C20H27ClN2O4/c1-3-4-10-17(23-18(24)13-7-5-8-14(21)12-13)19(25)22-16-11-6-9-15(16)20(26)27-2/h5,7-8,12,15-17H,3-4,6,9-11H2,1-2H3,(H,22,25)(H,23,24)/t15-,16+,17+/m1/s1. The van der Waals surface area contributed by atoms with Crippen LogP contribution in [-0.4, -0.2) is 37.0 Å². The highest BCUT2D eigenvalue weighted by Crippen LogP contribution is 2.27. The molecule has 1 aromatic carbocycles. The predicted molar refractivity (Wildman–Crippen MR) is 104 cm³/mol. The zero-order chi connectivity index (χ0) is 19.8. The lowest BCUT2D eigenvalue weighted by atomic mass is 10.0. The Hall–Kier alpha value is -2.08. The molecule has 1 aliphatic carbocycles. The number of hydrogen-bond donors (Lipinski definition) is 2. The van der Waals surface area contributed by atoms with Crippen LogP contribution in [0.4, 0.5) is 0 Å². The van der Waals surface area contributed by atoms with E-state index in [9.17, 15) is 14.4 Å². The van der Waals surface area contributed by atoms with Crippen molar-refractivity contribution in [2.75, 3.05) is 7.11 Å². The quantitative estimate of drug-likeness (QED) is 0.663. The van der Waals surface area contributed by atoms with E-state index < -0.39 is 6.04 Å². The summed E-state index contributed by atoms with van der Waals surface area (Å²) in [6.45, 7) is 2.03. The molecule has 0 unspecified atom stereocenters. The minimum Gasteiger partial charge on any atom is -0.469 e. The Balaban J connectivity index is 2.04. The largest absolute Gasteiger partial charge is 0.469 e. The van der Waals surface area contributed by atoms with E-state index in [2.05, 4.69) is 10.6 Å². The first kappa shape index (κ1) is 21.2. The number of benzene rings is 1. The van der Waals surface area contributed by atoms with Crippen LogP contribution in [0.15, 0.2) is 24.3 Å². The van der Waals surface area contributed by atoms with Gasteiger partial charge in [0.2, 0.25) is 5.91 Å². The van der Waals surface area contributed by atoms with Gasteiger partial charge in [-0.15, -0.1) is 0 Å². The zero-order valence-electron chi connectivity index (χ0n) is 15.8. The molecule has 2 rings (SSSR count). The molecule has 0 spiro atoms. The van der Waals surface area contributed by atoms with E-state index in [1.165, 1.54) is 7.11 Å². The molecule has 3 atom stereocenters. The van der Waals surface area contributed by atoms with E-state index >= 15 is 0 Å². The van der Waals surface area contributed by atoms with Crippen LogP contribution < -0.4 is 10.6 Å². The molecular formula is C20H27ClN2O4. The average molecular weight is 395 g/mol. The molecule has 0 aromatic heterocycles. The molecule has 1 fully saturated rings. The Labute approximate surface area is 165 Å². The summed E-state index contributed by atoms with van der Waals surface area (Å²) in [5, 5.41) is 6.20. The van der Waals surface area contributed by atoms with Gasteiger partial charge in [-0.3, -0.25) is 14.4 Å². The van der Waals surface area contributed by atoms with Gasteiger partial charge < -0.3 is 15.4 Å². The van der Waals surface area contributed by atoms with Crippen molar-refractivity contribution in [2.45, 2.75) is 57.5 Å². The van der Waals surface area contributed by atoms with Crippen molar-refractivity contribution in [2.24, 2.45) is 5.92 Å². The van der Waals surface area contributed by atoms with Gasteiger partial charge in [0.05, 0.1) is 13.0 Å². The number of rotatable bonds is 8. The lowest BCUT2D eigenvalue weighted by Crippen LogP contribution is -2.51. The van der Waals surface area contributed by atoms with E-state index in [1.54, 1.807) is 24.3 Å². The van der Waals surface area contributed by atoms with Crippen LogP contribution in [-0.2, 0) is 14.3 Å². The molecule has 6 nitrogen and oxygen atoms in total. The van der Waals surface area contributed by atoms with Crippen molar-refractivity contribution in [1.29, 1.82) is 0 Å². The first-order chi connectivity index (χ1) is 13.0. The van der Waals surface area contributed by atoms with Crippen molar-refractivity contribution in [1.82, 2.24) is 10.6 Å². The Bertz CT molecular complexity index is 680. The highest BCUT2D eigenvalue weighted by Gasteiger charge is 2.36. The minimum atomic E-state index is -0.657. The van der Waals surface area contributed by atoms with E-state index in [4.69, 9.17) is 16.3 Å². The Morgan fingerprint density at radius 3 is 2.74 bits per heavy atom. The van der Waals surface area contributed by atoms with Gasteiger partial charge in [0.15, 0.2) is 0 Å². The number of methoxy groups -OCH3 is 1. The molecule has 0 radical (unpaired) electrons. The average Bonchev–Trinajstić information content (AvgIpc) is 3.12. The fraction of sp³-hybridized carbons (Fsp3) is 0.550. The fourth-order valence-electron chi connectivity index (χ4n) is 3.40. The van der Waals surface area contributed by atoms with Crippen LogP contribution in [0.25, 0.3) is 0 Å². The number of unbranched alkanes of at least 4 members (excludes halogenated alkanes) is 1. The Morgan fingerprint density at radius 1 is 1.30 bits per heavy atom. The molecule has 0 heterocycles. The number of carbonyl (C=O) groups is 3. The Morgan fingerprint density at radius 2 is 2.07 bits per heavy atom. The monoisotopic (exact) mass is 394 g/mol. The maximum Gasteiger partial charge on any atom is 0.310 e. The second-order valence-electron chi connectivity index (χ2n) is 6.85. The third-order valence-electron chi connectivity index (χ3n) is 4.90. The van der Waals surface area contributed by atoms with Crippen molar-refractivity contribution in [3.05, 3.63) is 34.9 Å². The summed E-state index contributed by atoms with van der Waals surface area (Å²) in [5.41, 5.74) is 0.408. The summed E-state index contributed by atoms with van der Waals surface area (Å²) in [7, 11) is 1.36. The second-order valence-corrected chi connectivity index (χ2v) is 7.29. The number of amides is 2. The summed E-state index contributed by atoms with van der Waals surface area (Å²) < 4.78 is 4.83. The molecule has 1 aliphatic rings. The van der Waals surface area contributed by atoms with E-state index in [0.29, 0.717) is 23.4 Å². The summed E-state index contributed by atoms with van der Waals surface area (Å²) in [4.78, 5) is 37.2. The Kier molecular flexibility index (Phi) is 8.10. The topological polar surface area (TPSA) is 84.5 Å². The van der Waals surface area contributed by atoms with Gasteiger partial charge in [-0.05, 0) is 37.5 Å². The third-order valence-corrected chi connectivity index (χ3v) is 5.14. The van der Waals surface area contributed by atoms with Crippen LogP contribution in [0.5, 0.6) is 0 Å². The van der Waals surface area contributed by atoms with E-state index in [0.717, 1.165) is 25.7 Å². The maximum absolute atomic E-state index is 12.8. The van der Waals surface area contributed by atoms with E-state index in [-0.39, 0.29) is 29.7 Å². The maximum atomic E-state index is 12.8. The molecule has 0 saturated heterocycles. The van der Waals surface area contributed by atoms with Gasteiger partial charge in [-0.2, -0.15) is 0 Å². The SMILES string of the molecule is CCCC[C@H](NC(=O)c1cccc(Cl)c1)C(=O)N[C@H]1CCC[C@H]1C(=O)OC. The third kappa shape index (κ3) is 5.96. The lowest BCUT2D eigenvalue weighted by Gasteiger charge is -2.24. The van der Waals surface area contributed by atoms with Crippen molar-refractivity contribution < 1.29 is 19.1 Å². The van der Waals surface area contributed by atoms with Gasteiger partial charge in [0.1, 0.15) is 6.04 Å². The van der Waals surface area contributed by atoms with Crippen molar-refractivity contribution in [3.63, 3.8) is 0 Å². The predicted octanol–water partition coefficient (Wildman–Crippen LogP) is 3.09. The molecule has 148 valence electrons. The minimum absolute atomic E-state index is 0.253. The second kappa shape index (κ2) is 10.3. The fourth-order valence-corrected chi connectivity index (χ4v) is 3.59. The summed E-state index contributed by atoms with van der Waals surface area (Å²) in [6.07, 6.45) is 4.54. The van der Waals surface area contributed by atoms with Crippen molar-refractivity contribution >= 4 is 29.4 Å². The molecule has 0 bridgehead atoms. The first-order valence-electron chi connectivity index (χ1n) is 9.40. The molecule has 7 heteroatoms. The zero-order valence-corrected chi connectivity index (χ0v) is 16.6. The summed E-state index contributed by atoms with van der Waals surface area (Å²) in [5.74, 6) is -1.23. The number of esters is 1. The molecule has 1 saturated carbocycles. The van der Waals surface area contributed by atoms with Crippen LogP contribution in [0, 0.1) is 5.92 Å². The number of hydrogen-bond acceptors (Lipinski definition) is 4. The van der Waals surface area contributed by atoms with Gasteiger partial charge in [0.25, 0.3) is 5.91 Å². The van der Waals surface area contributed by atoms with Gasteiger partial charge in [-0.1, -0.05) is 43.9 Å². The number of nitrogens with one attached hydrogen (secondary N) is 2. The van der Waals surface area contributed by atoms with Crippen LogP contribution >= 0.6 is 11.6 Å². The number of carbonyl (C=O) groups excluding carboxylic acids is 3. The highest BCUT2D eigenvalue weighted by atomic mass is 35.5. The molecule has 27 heavy (non-hydrogen) atoms. The summed E-state index contributed by atoms with van der Waals surface area (Å²) >= 11 is 5.94. The molecular weight excluding hydrogens is 368 g/mol. The van der Waals surface area contributed by atoms with Gasteiger partial charge >= 0.3 is 5.97 Å². The highest BCUT2D eigenvalue weighted by molar-refractivity contribution is 6.31. The van der Waals surface area contributed by atoms with Crippen LogP contribution in [0.2, 0.25) is 5.02 Å². The van der Waals surface area contributed by atoms with Gasteiger partial charge in [0, 0.05) is 16.6 Å². The first-order valence-corrected chi connectivity index (χ1v) is 9.78. The molecule has 2 amide bonds. The van der Waals surface area contributed by atoms with Gasteiger partial charge in [-0.25, -0.2) is 0 Å². The number of halogens is 1. The lowest BCUT2D eigenvalue weighted by molar-refractivity contribution is -0.146. The van der Waals surface area contributed by atoms with Crippen LogP contribution in [0.1, 0.15) is 55.8 Å².